The van der Waals surface area contributed by atoms with Crippen LogP contribution < -0.4 is 5.32 Å². The minimum atomic E-state index is -0.0462. The van der Waals surface area contributed by atoms with E-state index >= 15 is 0 Å². The zero-order valence-electron chi connectivity index (χ0n) is 13.9. The molecule has 2 atom stereocenters. The number of likely N-dealkylation sites (tertiary alicyclic amines) is 2. The molecule has 1 aromatic rings. The van der Waals surface area contributed by atoms with E-state index in [0.717, 1.165) is 35.7 Å². The molecule has 0 spiro atoms. The maximum Gasteiger partial charge on any atom is 0.264 e. The average Bonchev–Trinajstić information content (AvgIpc) is 3.24. The van der Waals surface area contributed by atoms with Crippen molar-refractivity contribution < 1.29 is 9.59 Å². The van der Waals surface area contributed by atoms with Crippen molar-refractivity contribution in [1.82, 2.24) is 15.1 Å². The summed E-state index contributed by atoms with van der Waals surface area (Å²) in [4.78, 5) is 30.2. The van der Waals surface area contributed by atoms with E-state index < -0.39 is 0 Å². The zero-order chi connectivity index (χ0) is 16.4. The molecule has 1 aromatic heterocycles. The highest BCUT2D eigenvalue weighted by Gasteiger charge is 2.38. The predicted molar refractivity (Wildman–Crippen MR) is 91.6 cm³/mol. The molecule has 2 amide bonds. The van der Waals surface area contributed by atoms with E-state index in [1.807, 2.05) is 12.1 Å². The smallest absolute Gasteiger partial charge is 0.264 e. The molecule has 2 fully saturated rings. The van der Waals surface area contributed by atoms with Gasteiger partial charge in [-0.15, -0.1) is 11.3 Å². The summed E-state index contributed by atoms with van der Waals surface area (Å²) >= 11 is 1.50. The van der Waals surface area contributed by atoms with Crippen molar-refractivity contribution in [3.8, 4) is 0 Å². The number of carbonyl (C=O) groups is 2. The topological polar surface area (TPSA) is 52.7 Å². The number of nitrogens with zero attached hydrogens (tertiary/aromatic N) is 2. The fourth-order valence-corrected chi connectivity index (χ4v) is 4.71. The van der Waals surface area contributed by atoms with Gasteiger partial charge in [-0.2, -0.15) is 0 Å². The van der Waals surface area contributed by atoms with Crippen molar-refractivity contribution in [3.63, 3.8) is 0 Å². The summed E-state index contributed by atoms with van der Waals surface area (Å²) in [6, 6.07) is 4.72. The van der Waals surface area contributed by atoms with Crippen LogP contribution in [0.2, 0.25) is 0 Å². The number of nitrogens with one attached hydrogen (secondary N) is 1. The predicted octanol–water partition coefficient (Wildman–Crippen LogP) is 2.08. The molecule has 5 nitrogen and oxygen atoms in total. The summed E-state index contributed by atoms with van der Waals surface area (Å²) in [6.45, 7) is 4.02. The second-order valence-corrected chi connectivity index (χ2v) is 7.74. The van der Waals surface area contributed by atoms with E-state index in [9.17, 15) is 9.59 Å². The first kappa shape index (κ1) is 16.5. The Kier molecular flexibility index (Phi) is 5.02. The van der Waals surface area contributed by atoms with Gasteiger partial charge in [0.25, 0.3) is 5.91 Å². The second-order valence-electron chi connectivity index (χ2n) is 6.57. The van der Waals surface area contributed by atoms with Crippen LogP contribution in [0.3, 0.4) is 0 Å². The molecule has 3 rings (SSSR count). The summed E-state index contributed by atoms with van der Waals surface area (Å²) < 4.78 is 0. The van der Waals surface area contributed by atoms with E-state index in [1.165, 1.54) is 31.1 Å². The summed E-state index contributed by atoms with van der Waals surface area (Å²) in [5, 5.41) is 2.78. The molecule has 126 valence electrons. The first-order valence-corrected chi connectivity index (χ1v) is 9.22. The summed E-state index contributed by atoms with van der Waals surface area (Å²) in [6.07, 6.45) is 4.65. The van der Waals surface area contributed by atoms with Gasteiger partial charge in [-0.25, -0.2) is 0 Å². The maximum absolute atomic E-state index is 12.9. The van der Waals surface area contributed by atoms with Gasteiger partial charge in [-0.1, -0.05) is 0 Å². The molecule has 0 bridgehead atoms. The number of amides is 2. The van der Waals surface area contributed by atoms with Crippen molar-refractivity contribution in [2.24, 2.45) is 0 Å². The third-order valence-corrected chi connectivity index (χ3v) is 6.04. The molecule has 23 heavy (non-hydrogen) atoms. The van der Waals surface area contributed by atoms with Crippen LogP contribution in [0.15, 0.2) is 12.1 Å². The van der Waals surface area contributed by atoms with Crippen LogP contribution in [0.1, 0.15) is 47.2 Å². The van der Waals surface area contributed by atoms with Crippen LogP contribution in [0.5, 0.6) is 0 Å². The molecule has 0 aliphatic carbocycles. The quantitative estimate of drug-likeness (QED) is 0.917. The number of carbonyl (C=O) groups excluding carboxylic acids is 2. The highest BCUT2D eigenvalue weighted by Crippen LogP contribution is 2.31. The van der Waals surface area contributed by atoms with Crippen LogP contribution in [0.25, 0.3) is 0 Å². The molecule has 2 aliphatic heterocycles. The lowest BCUT2D eigenvalue weighted by Crippen LogP contribution is -2.46. The third-order valence-electron chi connectivity index (χ3n) is 4.97. The summed E-state index contributed by atoms with van der Waals surface area (Å²) in [5.41, 5.74) is 0. The minimum absolute atomic E-state index is 0.0462. The summed E-state index contributed by atoms with van der Waals surface area (Å²) in [7, 11) is 2.18. The highest BCUT2D eigenvalue weighted by atomic mass is 32.1. The van der Waals surface area contributed by atoms with E-state index in [0.29, 0.717) is 18.6 Å². The van der Waals surface area contributed by atoms with E-state index in [-0.39, 0.29) is 11.8 Å². The fraction of sp³-hybridized carbons (Fsp3) is 0.647. The molecule has 0 unspecified atom stereocenters. The van der Waals surface area contributed by atoms with Gasteiger partial charge in [0, 0.05) is 30.4 Å². The second kappa shape index (κ2) is 7.01. The number of hydrogen-bond acceptors (Lipinski definition) is 4. The van der Waals surface area contributed by atoms with Gasteiger partial charge in [0.05, 0.1) is 11.4 Å². The first-order chi connectivity index (χ1) is 11.1. The largest absolute Gasteiger partial charge is 0.351 e. The molecule has 0 radical (unpaired) electrons. The van der Waals surface area contributed by atoms with Crippen molar-refractivity contribution in [3.05, 3.63) is 21.9 Å². The highest BCUT2D eigenvalue weighted by molar-refractivity contribution is 7.14. The van der Waals surface area contributed by atoms with Gasteiger partial charge in [-0.05, 0) is 51.4 Å². The standard InChI is InChI=1S/C17H25N3O2S/c1-12(21)18-11-13-7-8-16(23-13)17(22)20-10-4-6-15(20)14-5-3-9-19(14)2/h7-8,14-15H,3-6,9-11H2,1-2H3,(H,18,21)/t14-,15-/m0/s1. The Hall–Kier alpha value is -1.40. The van der Waals surface area contributed by atoms with Crippen LogP contribution in [-0.4, -0.2) is 53.8 Å². The normalized spacial score (nSPS) is 25.0. The Balaban J connectivity index is 1.68. The van der Waals surface area contributed by atoms with Gasteiger partial charge in [0.15, 0.2) is 0 Å². The van der Waals surface area contributed by atoms with Crippen LogP contribution in [0, 0.1) is 0 Å². The first-order valence-electron chi connectivity index (χ1n) is 8.40. The molecule has 0 aromatic carbocycles. The third kappa shape index (κ3) is 3.58. The Morgan fingerprint density at radius 3 is 2.65 bits per heavy atom. The van der Waals surface area contributed by atoms with Crippen molar-refractivity contribution in [2.75, 3.05) is 20.1 Å². The molecule has 1 N–H and O–H groups in total. The number of likely N-dealkylation sites (N-methyl/N-ethyl adjacent to an activating group) is 1. The maximum atomic E-state index is 12.9. The van der Waals surface area contributed by atoms with Crippen molar-refractivity contribution >= 4 is 23.2 Å². The summed E-state index contributed by atoms with van der Waals surface area (Å²) in [5.74, 6) is 0.113. The van der Waals surface area contributed by atoms with Crippen molar-refractivity contribution in [1.29, 1.82) is 0 Å². The van der Waals surface area contributed by atoms with Crippen molar-refractivity contribution in [2.45, 2.75) is 51.2 Å². The Labute approximate surface area is 141 Å². The van der Waals surface area contributed by atoms with Gasteiger partial charge >= 0.3 is 0 Å². The van der Waals surface area contributed by atoms with E-state index in [2.05, 4.69) is 22.2 Å². The van der Waals surface area contributed by atoms with E-state index in [4.69, 9.17) is 0 Å². The molecule has 2 aliphatic rings. The van der Waals surface area contributed by atoms with Crippen LogP contribution >= 0.6 is 11.3 Å². The van der Waals surface area contributed by atoms with Crippen LogP contribution in [0.4, 0.5) is 0 Å². The van der Waals surface area contributed by atoms with Crippen LogP contribution in [-0.2, 0) is 11.3 Å². The average molecular weight is 335 g/mol. The SMILES string of the molecule is CC(=O)NCc1ccc(C(=O)N2CCC[C@H]2[C@@H]2CCCN2C)s1. The number of rotatable bonds is 4. The zero-order valence-corrected chi connectivity index (χ0v) is 14.7. The number of thiophene rings is 1. The minimum Gasteiger partial charge on any atom is -0.351 e. The lowest BCUT2D eigenvalue weighted by molar-refractivity contribution is -0.119. The molecule has 3 heterocycles. The Morgan fingerprint density at radius 1 is 1.22 bits per heavy atom. The van der Waals surface area contributed by atoms with Gasteiger partial charge in [0.2, 0.25) is 5.91 Å². The Morgan fingerprint density at radius 2 is 1.96 bits per heavy atom. The monoisotopic (exact) mass is 335 g/mol. The molecule has 2 saturated heterocycles. The molecule has 0 saturated carbocycles. The van der Waals surface area contributed by atoms with E-state index in [1.54, 1.807) is 0 Å². The Bertz CT molecular complexity index is 586. The van der Waals surface area contributed by atoms with Gasteiger partial charge in [-0.3, -0.25) is 9.59 Å². The fourth-order valence-electron chi connectivity index (χ4n) is 3.81. The molecular weight excluding hydrogens is 310 g/mol. The number of hydrogen-bond donors (Lipinski definition) is 1. The molecular formula is C17H25N3O2S. The van der Waals surface area contributed by atoms with Gasteiger partial charge in [0.1, 0.15) is 0 Å². The lowest BCUT2D eigenvalue weighted by Gasteiger charge is -2.33. The van der Waals surface area contributed by atoms with Gasteiger partial charge < -0.3 is 15.1 Å². The molecule has 6 heteroatoms. The lowest BCUT2D eigenvalue weighted by atomic mass is 10.0.